The number of rotatable bonds is 3. The van der Waals surface area contributed by atoms with Crippen LogP contribution in [0.5, 0.6) is 0 Å². The van der Waals surface area contributed by atoms with Crippen molar-refractivity contribution in [2.24, 2.45) is 5.41 Å². The van der Waals surface area contributed by atoms with Gasteiger partial charge in [0.15, 0.2) is 0 Å². The Bertz CT molecular complexity index is 795. The Labute approximate surface area is 158 Å². The van der Waals surface area contributed by atoms with Gasteiger partial charge in [0.05, 0.1) is 24.5 Å². The molecule has 0 saturated carbocycles. The first-order chi connectivity index (χ1) is 13.1. The Morgan fingerprint density at radius 1 is 1.07 bits per heavy atom. The lowest BCUT2D eigenvalue weighted by Gasteiger charge is -2.39. The number of aliphatic hydroxyl groups excluding tert-OH is 1. The minimum atomic E-state index is -0.158. The standard InChI is InChI=1S/C21H24N2O4/c24-13-18-12-21(15-23(18)20(26)16-4-2-1-3-5-16)7-9-22(10-8-21)19(25)17-6-11-27-14-17/h1-6,11,14,18,24H,7-10,12-13,15H2. The third-order valence-electron chi connectivity index (χ3n) is 5.99. The highest BCUT2D eigenvalue weighted by atomic mass is 16.3. The van der Waals surface area contributed by atoms with Crippen molar-refractivity contribution in [2.45, 2.75) is 25.3 Å². The van der Waals surface area contributed by atoms with Crippen LogP contribution in [0.3, 0.4) is 0 Å². The fraction of sp³-hybridized carbons (Fsp3) is 0.429. The van der Waals surface area contributed by atoms with Crippen molar-refractivity contribution in [3.63, 3.8) is 0 Å². The molecule has 2 amide bonds. The third kappa shape index (κ3) is 3.37. The van der Waals surface area contributed by atoms with Crippen LogP contribution in [0.2, 0.25) is 0 Å². The smallest absolute Gasteiger partial charge is 0.257 e. The highest BCUT2D eigenvalue weighted by molar-refractivity contribution is 5.95. The summed E-state index contributed by atoms with van der Waals surface area (Å²) < 4.78 is 5.01. The Kier molecular flexibility index (Phi) is 4.74. The average molecular weight is 368 g/mol. The van der Waals surface area contributed by atoms with Crippen molar-refractivity contribution in [3.05, 3.63) is 60.1 Å². The summed E-state index contributed by atoms with van der Waals surface area (Å²) in [5.74, 6) is -0.0315. The molecule has 1 atom stereocenters. The van der Waals surface area contributed by atoms with Crippen LogP contribution >= 0.6 is 0 Å². The SMILES string of the molecule is O=C(c1ccoc1)N1CCC2(CC1)CC(CO)N(C(=O)c1ccccc1)C2. The topological polar surface area (TPSA) is 74.0 Å². The highest BCUT2D eigenvalue weighted by Gasteiger charge is 2.47. The van der Waals surface area contributed by atoms with Gasteiger partial charge in [-0.1, -0.05) is 18.2 Å². The normalized spacial score (nSPS) is 21.6. The Morgan fingerprint density at radius 3 is 2.44 bits per heavy atom. The van der Waals surface area contributed by atoms with E-state index in [9.17, 15) is 14.7 Å². The summed E-state index contributed by atoms with van der Waals surface area (Å²) in [7, 11) is 0. The molecule has 3 heterocycles. The van der Waals surface area contributed by atoms with Gasteiger partial charge in [-0.3, -0.25) is 9.59 Å². The van der Waals surface area contributed by atoms with Gasteiger partial charge in [0.1, 0.15) is 6.26 Å². The molecule has 0 bridgehead atoms. The van der Waals surface area contributed by atoms with Gasteiger partial charge in [-0.15, -0.1) is 0 Å². The fourth-order valence-corrected chi connectivity index (χ4v) is 4.43. The maximum atomic E-state index is 12.9. The van der Waals surface area contributed by atoms with Crippen LogP contribution in [0.15, 0.2) is 53.3 Å². The number of amides is 2. The van der Waals surface area contributed by atoms with Crippen LogP contribution in [0.25, 0.3) is 0 Å². The highest BCUT2D eigenvalue weighted by Crippen LogP contribution is 2.44. The molecule has 2 fully saturated rings. The van der Waals surface area contributed by atoms with Crippen LogP contribution < -0.4 is 0 Å². The first-order valence-electron chi connectivity index (χ1n) is 9.40. The second-order valence-electron chi connectivity index (χ2n) is 7.64. The first kappa shape index (κ1) is 17.8. The first-order valence-corrected chi connectivity index (χ1v) is 9.40. The predicted octanol–water partition coefficient (Wildman–Crippen LogP) is 2.41. The van der Waals surface area contributed by atoms with E-state index in [4.69, 9.17) is 4.42 Å². The van der Waals surface area contributed by atoms with Crippen LogP contribution in [0, 0.1) is 5.41 Å². The van der Waals surface area contributed by atoms with Gasteiger partial charge < -0.3 is 19.3 Å². The zero-order valence-electron chi connectivity index (χ0n) is 15.2. The number of carbonyl (C=O) groups excluding carboxylic acids is 2. The molecule has 6 nitrogen and oxygen atoms in total. The summed E-state index contributed by atoms with van der Waals surface area (Å²) in [4.78, 5) is 29.1. The van der Waals surface area contributed by atoms with E-state index in [1.165, 1.54) is 12.5 Å². The summed E-state index contributed by atoms with van der Waals surface area (Å²) in [6, 6.07) is 10.7. The largest absolute Gasteiger partial charge is 0.472 e. The fourth-order valence-electron chi connectivity index (χ4n) is 4.43. The van der Waals surface area contributed by atoms with Crippen molar-refractivity contribution in [1.29, 1.82) is 0 Å². The summed E-state index contributed by atoms with van der Waals surface area (Å²) >= 11 is 0. The van der Waals surface area contributed by atoms with Crippen molar-refractivity contribution >= 4 is 11.8 Å². The van der Waals surface area contributed by atoms with Crippen molar-refractivity contribution in [1.82, 2.24) is 9.80 Å². The van der Waals surface area contributed by atoms with Crippen LogP contribution in [-0.4, -0.2) is 59.0 Å². The van der Waals surface area contributed by atoms with Crippen molar-refractivity contribution in [2.75, 3.05) is 26.2 Å². The molecular weight excluding hydrogens is 344 g/mol. The molecule has 1 N–H and O–H groups in total. The number of furan rings is 1. The van der Waals surface area contributed by atoms with Crippen LogP contribution in [-0.2, 0) is 0 Å². The third-order valence-corrected chi connectivity index (χ3v) is 5.99. The van der Waals surface area contributed by atoms with E-state index in [1.807, 2.05) is 40.1 Å². The van der Waals surface area contributed by atoms with Gasteiger partial charge >= 0.3 is 0 Å². The number of carbonyl (C=O) groups is 2. The number of piperidine rings is 1. The molecule has 1 unspecified atom stereocenters. The van der Waals surface area contributed by atoms with Gasteiger partial charge in [0, 0.05) is 25.2 Å². The van der Waals surface area contributed by atoms with E-state index in [1.54, 1.807) is 6.07 Å². The molecule has 2 aromatic rings. The molecular formula is C21H24N2O4. The summed E-state index contributed by atoms with van der Waals surface area (Å²) in [6.07, 6.45) is 5.45. The molecule has 142 valence electrons. The maximum absolute atomic E-state index is 12.9. The Hall–Kier alpha value is -2.60. The van der Waals surface area contributed by atoms with Crippen LogP contribution in [0.4, 0.5) is 0 Å². The van der Waals surface area contributed by atoms with Crippen molar-refractivity contribution in [3.8, 4) is 0 Å². The minimum Gasteiger partial charge on any atom is -0.472 e. The van der Waals surface area contributed by atoms with E-state index < -0.39 is 0 Å². The quantitative estimate of drug-likeness (QED) is 0.903. The molecule has 2 saturated heterocycles. The molecule has 1 aromatic heterocycles. The second-order valence-corrected chi connectivity index (χ2v) is 7.64. The van der Waals surface area contributed by atoms with Gasteiger partial charge in [-0.05, 0) is 42.9 Å². The lowest BCUT2D eigenvalue weighted by Crippen LogP contribution is -2.44. The number of likely N-dealkylation sites (tertiary alicyclic amines) is 2. The number of aliphatic hydroxyl groups is 1. The minimum absolute atomic E-state index is 0.00692. The molecule has 2 aliphatic rings. The number of hydrogen-bond acceptors (Lipinski definition) is 4. The second kappa shape index (κ2) is 7.19. The molecule has 1 aromatic carbocycles. The Morgan fingerprint density at radius 2 is 1.81 bits per heavy atom. The van der Waals surface area contributed by atoms with Crippen LogP contribution in [0.1, 0.15) is 40.0 Å². The summed E-state index contributed by atoms with van der Waals surface area (Å²) in [6.45, 7) is 1.93. The number of hydrogen-bond donors (Lipinski definition) is 1. The van der Waals surface area contributed by atoms with E-state index in [2.05, 4.69) is 0 Å². The lowest BCUT2D eigenvalue weighted by atomic mass is 9.76. The monoisotopic (exact) mass is 368 g/mol. The van der Waals surface area contributed by atoms with E-state index in [0.29, 0.717) is 30.8 Å². The van der Waals surface area contributed by atoms with E-state index in [0.717, 1.165) is 19.3 Å². The molecule has 4 rings (SSSR count). The molecule has 6 heteroatoms. The van der Waals surface area contributed by atoms with Gasteiger partial charge in [0.25, 0.3) is 11.8 Å². The molecule has 2 aliphatic heterocycles. The molecule has 0 radical (unpaired) electrons. The zero-order valence-corrected chi connectivity index (χ0v) is 15.2. The number of benzene rings is 1. The van der Waals surface area contributed by atoms with E-state index >= 15 is 0 Å². The molecule has 27 heavy (non-hydrogen) atoms. The maximum Gasteiger partial charge on any atom is 0.257 e. The predicted molar refractivity (Wildman–Crippen MR) is 99.2 cm³/mol. The van der Waals surface area contributed by atoms with E-state index in [-0.39, 0.29) is 29.9 Å². The number of nitrogens with zero attached hydrogens (tertiary/aromatic N) is 2. The lowest BCUT2D eigenvalue weighted by molar-refractivity contribution is 0.0559. The molecule has 1 spiro atoms. The van der Waals surface area contributed by atoms with Gasteiger partial charge in [-0.2, -0.15) is 0 Å². The molecule has 0 aliphatic carbocycles. The van der Waals surface area contributed by atoms with Crippen molar-refractivity contribution < 1.29 is 19.1 Å². The summed E-state index contributed by atoms with van der Waals surface area (Å²) in [5.41, 5.74) is 1.21. The zero-order chi connectivity index (χ0) is 18.9. The average Bonchev–Trinajstić information content (AvgIpc) is 3.37. The Balaban J connectivity index is 1.44. The summed E-state index contributed by atoms with van der Waals surface area (Å²) in [5, 5.41) is 9.84. The van der Waals surface area contributed by atoms with Gasteiger partial charge in [0.2, 0.25) is 0 Å². The van der Waals surface area contributed by atoms with Gasteiger partial charge in [-0.25, -0.2) is 0 Å².